The number of nitrogens with one attached hydrogen (secondary N) is 1. The van der Waals surface area contributed by atoms with Gasteiger partial charge in [0.05, 0.1) is 25.9 Å². The van der Waals surface area contributed by atoms with E-state index >= 15 is 0 Å². The molecule has 1 atom stereocenters. The molecule has 2 heterocycles. The molecule has 1 aliphatic rings. The van der Waals surface area contributed by atoms with E-state index in [2.05, 4.69) is 10.3 Å². The van der Waals surface area contributed by atoms with Crippen molar-refractivity contribution >= 4 is 5.91 Å². The number of methoxy groups -OCH3 is 1. The number of hydrogen-bond donors (Lipinski definition) is 1. The number of para-hydroxylation sites is 1. The van der Waals surface area contributed by atoms with Gasteiger partial charge in [-0.05, 0) is 24.1 Å². The summed E-state index contributed by atoms with van der Waals surface area (Å²) < 4.78 is 16.3. The molecule has 3 rings (SSSR count). The zero-order valence-electron chi connectivity index (χ0n) is 14.2. The maximum atomic E-state index is 12.2. The van der Waals surface area contributed by atoms with Crippen LogP contribution in [0.3, 0.4) is 0 Å². The summed E-state index contributed by atoms with van der Waals surface area (Å²) in [5, 5.41) is 2.90. The third kappa shape index (κ3) is 4.70. The summed E-state index contributed by atoms with van der Waals surface area (Å²) in [5.41, 5.74) is 1.57. The van der Waals surface area contributed by atoms with E-state index in [4.69, 9.17) is 14.2 Å². The molecule has 1 saturated heterocycles. The van der Waals surface area contributed by atoms with Crippen LogP contribution in [0.2, 0.25) is 0 Å². The van der Waals surface area contributed by atoms with Crippen LogP contribution in [0.25, 0.3) is 0 Å². The first-order valence-corrected chi connectivity index (χ1v) is 8.37. The van der Waals surface area contributed by atoms with E-state index in [9.17, 15) is 4.79 Å². The Morgan fingerprint density at radius 3 is 2.92 bits per heavy atom. The van der Waals surface area contributed by atoms with Crippen molar-refractivity contribution in [1.29, 1.82) is 0 Å². The minimum atomic E-state index is -0.154. The van der Waals surface area contributed by atoms with Gasteiger partial charge in [0.2, 0.25) is 5.88 Å². The molecule has 1 aromatic heterocycles. The number of nitrogens with zero attached hydrogens (tertiary/aromatic N) is 1. The largest absolute Gasteiger partial charge is 0.496 e. The van der Waals surface area contributed by atoms with Crippen LogP contribution in [0.1, 0.15) is 22.3 Å². The van der Waals surface area contributed by atoms with Gasteiger partial charge in [0.25, 0.3) is 5.91 Å². The van der Waals surface area contributed by atoms with Crippen LogP contribution in [-0.2, 0) is 11.2 Å². The van der Waals surface area contributed by atoms with E-state index in [0.29, 0.717) is 31.0 Å². The van der Waals surface area contributed by atoms with Crippen LogP contribution >= 0.6 is 0 Å². The number of aromatic nitrogens is 1. The molecular weight excluding hydrogens is 320 g/mol. The smallest absolute Gasteiger partial charge is 0.252 e. The van der Waals surface area contributed by atoms with Gasteiger partial charge in [-0.2, -0.15) is 0 Å². The fraction of sp³-hybridized carbons (Fsp3) is 0.368. The molecule has 0 bridgehead atoms. The van der Waals surface area contributed by atoms with Crippen molar-refractivity contribution in [3.8, 4) is 11.6 Å². The second kappa shape index (κ2) is 8.48. The summed E-state index contributed by atoms with van der Waals surface area (Å²) in [6, 6.07) is 11.2. The number of carbonyl (C=O) groups is 1. The zero-order chi connectivity index (χ0) is 17.5. The first-order chi connectivity index (χ1) is 12.3. The highest BCUT2D eigenvalue weighted by Gasteiger charge is 2.17. The minimum Gasteiger partial charge on any atom is -0.496 e. The molecule has 0 radical (unpaired) electrons. The predicted molar refractivity (Wildman–Crippen MR) is 93.1 cm³/mol. The van der Waals surface area contributed by atoms with Gasteiger partial charge in [-0.15, -0.1) is 0 Å². The number of ether oxygens (including phenoxy) is 3. The molecule has 132 valence electrons. The minimum absolute atomic E-state index is 0.0491. The molecule has 0 aliphatic carbocycles. The van der Waals surface area contributed by atoms with E-state index in [1.165, 1.54) is 6.20 Å². The summed E-state index contributed by atoms with van der Waals surface area (Å²) in [5.74, 6) is 1.19. The van der Waals surface area contributed by atoms with Gasteiger partial charge in [0, 0.05) is 25.2 Å². The first kappa shape index (κ1) is 17.2. The summed E-state index contributed by atoms with van der Waals surface area (Å²) in [4.78, 5) is 16.4. The Morgan fingerprint density at radius 2 is 2.20 bits per heavy atom. The van der Waals surface area contributed by atoms with Crippen molar-refractivity contribution < 1.29 is 19.0 Å². The lowest BCUT2D eigenvalue weighted by Gasteiger charge is -2.11. The van der Waals surface area contributed by atoms with Gasteiger partial charge < -0.3 is 19.5 Å². The number of pyridine rings is 1. The molecule has 1 unspecified atom stereocenters. The van der Waals surface area contributed by atoms with E-state index in [0.717, 1.165) is 24.3 Å². The maximum Gasteiger partial charge on any atom is 0.252 e. The highest BCUT2D eigenvalue weighted by molar-refractivity contribution is 5.93. The third-order valence-electron chi connectivity index (χ3n) is 4.05. The van der Waals surface area contributed by atoms with Crippen LogP contribution in [0.4, 0.5) is 0 Å². The molecule has 1 N–H and O–H groups in total. The molecule has 6 heteroatoms. The van der Waals surface area contributed by atoms with Crippen molar-refractivity contribution in [2.75, 3.05) is 26.9 Å². The topological polar surface area (TPSA) is 69.7 Å². The van der Waals surface area contributed by atoms with Crippen LogP contribution < -0.4 is 14.8 Å². The third-order valence-corrected chi connectivity index (χ3v) is 4.05. The molecule has 0 spiro atoms. The lowest BCUT2D eigenvalue weighted by atomic mass is 10.1. The first-order valence-electron chi connectivity index (χ1n) is 8.37. The Morgan fingerprint density at radius 1 is 1.32 bits per heavy atom. The highest BCUT2D eigenvalue weighted by Crippen LogP contribution is 2.17. The van der Waals surface area contributed by atoms with Crippen molar-refractivity contribution in [3.05, 3.63) is 53.7 Å². The van der Waals surface area contributed by atoms with E-state index in [-0.39, 0.29) is 12.0 Å². The number of rotatable bonds is 7. The van der Waals surface area contributed by atoms with Crippen molar-refractivity contribution in [3.63, 3.8) is 0 Å². The molecule has 0 saturated carbocycles. The van der Waals surface area contributed by atoms with Crippen LogP contribution in [0.5, 0.6) is 11.6 Å². The van der Waals surface area contributed by atoms with Gasteiger partial charge in [-0.25, -0.2) is 4.98 Å². The van der Waals surface area contributed by atoms with E-state index in [1.807, 2.05) is 24.3 Å². The van der Waals surface area contributed by atoms with Gasteiger partial charge >= 0.3 is 0 Å². The average Bonchev–Trinajstić information content (AvgIpc) is 3.15. The standard InChI is InChI=1S/C19H22N2O4/c1-23-17-5-3-2-4-14(17)8-10-20-19(22)15-6-7-18(21-12-15)25-16-9-11-24-13-16/h2-7,12,16H,8-11,13H2,1H3,(H,20,22). The molecular formula is C19H22N2O4. The lowest BCUT2D eigenvalue weighted by Crippen LogP contribution is -2.26. The van der Waals surface area contributed by atoms with Crippen LogP contribution in [0.15, 0.2) is 42.6 Å². The normalized spacial score (nSPS) is 16.4. The van der Waals surface area contributed by atoms with E-state index < -0.39 is 0 Å². The Labute approximate surface area is 147 Å². The summed E-state index contributed by atoms with van der Waals surface area (Å²) >= 11 is 0. The number of carbonyl (C=O) groups excluding carboxylic acids is 1. The summed E-state index contributed by atoms with van der Waals surface area (Å²) in [6.45, 7) is 1.83. The molecule has 25 heavy (non-hydrogen) atoms. The van der Waals surface area contributed by atoms with Crippen molar-refractivity contribution in [2.24, 2.45) is 0 Å². The number of benzene rings is 1. The van der Waals surface area contributed by atoms with Crippen LogP contribution in [0, 0.1) is 0 Å². The van der Waals surface area contributed by atoms with Crippen LogP contribution in [-0.4, -0.2) is 43.9 Å². The molecule has 2 aromatic rings. The van der Waals surface area contributed by atoms with Gasteiger partial charge in [-0.1, -0.05) is 18.2 Å². The second-order valence-electron chi connectivity index (χ2n) is 5.81. The molecule has 1 aliphatic heterocycles. The Bertz CT molecular complexity index is 697. The Hall–Kier alpha value is -2.60. The zero-order valence-corrected chi connectivity index (χ0v) is 14.2. The van der Waals surface area contributed by atoms with Gasteiger partial charge in [-0.3, -0.25) is 4.79 Å². The highest BCUT2D eigenvalue weighted by atomic mass is 16.5. The fourth-order valence-electron chi connectivity index (χ4n) is 2.68. The Balaban J connectivity index is 1.49. The van der Waals surface area contributed by atoms with Crippen molar-refractivity contribution in [1.82, 2.24) is 10.3 Å². The average molecular weight is 342 g/mol. The molecule has 6 nitrogen and oxygen atoms in total. The maximum absolute atomic E-state index is 12.2. The van der Waals surface area contributed by atoms with Gasteiger partial charge in [0.1, 0.15) is 11.9 Å². The second-order valence-corrected chi connectivity index (χ2v) is 5.81. The van der Waals surface area contributed by atoms with Crippen molar-refractivity contribution in [2.45, 2.75) is 18.9 Å². The molecule has 1 amide bonds. The molecule has 1 aromatic carbocycles. The summed E-state index contributed by atoms with van der Waals surface area (Å²) in [6.07, 6.45) is 3.15. The Kier molecular flexibility index (Phi) is 5.85. The number of amides is 1. The fourth-order valence-corrected chi connectivity index (χ4v) is 2.68. The number of hydrogen-bond acceptors (Lipinski definition) is 5. The monoisotopic (exact) mass is 342 g/mol. The predicted octanol–water partition coefficient (Wildman–Crippen LogP) is 2.23. The SMILES string of the molecule is COc1ccccc1CCNC(=O)c1ccc(OC2CCOC2)nc1. The quantitative estimate of drug-likeness (QED) is 0.836. The lowest BCUT2D eigenvalue weighted by molar-refractivity contribution is 0.0953. The van der Waals surface area contributed by atoms with Gasteiger partial charge in [0.15, 0.2) is 0 Å². The molecule has 1 fully saturated rings. The van der Waals surface area contributed by atoms with E-state index in [1.54, 1.807) is 19.2 Å². The summed E-state index contributed by atoms with van der Waals surface area (Å²) in [7, 11) is 1.64.